The van der Waals surface area contributed by atoms with Crippen molar-refractivity contribution in [1.29, 1.82) is 0 Å². The molecule has 0 aromatic heterocycles. The lowest BCUT2D eigenvalue weighted by atomic mass is 10.1. The molecule has 24 heavy (non-hydrogen) atoms. The maximum Gasteiger partial charge on any atom is 0.312 e. The van der Waals surface area contributed by atoms with Gasteiger partial charge in [-0.1, -0.05) is 82.9 Å². The number of carbonyl (C=O) groups is 1. The number of carbonyl (C=O) groups excluding carboxylic acids is 1. The molecule has 1 heterocycles. The molecule has 0 radical (unpaired) electrons. The quantitative estimate of drug-likeness (QED) is 0.239. The molecule has 0 saturated carbocycles. The Hall–Kier alpha value is -0.960. The second-order valence-electron chi connectivity index (χ2n) is 6.76. The molecule has 2 nitrogen and oxygen atoms in total. The average molecular weight is 349 g/mol. The van der Waals surface area contributed by atoms with Gasteiger partial charge in [0.05, 0.1) is 6.42 Å². The van der Waals surface area contributed by atoms with Crippen LogP contribution >= 0.6 is 11.8 Å². The predicted molar refractivity (Wildman–Crippen MR) is 104 cm³/mol. The number of thioether (sulfide) groups is 1. The van der Waals surface area contributed by atoms with Crippen molar-refractivity contribution in [2.24, 2.45) is 0 Å². The molecule has 1 unspecified atom stereocenters. The van der Waals surface area contributed by atoms with Crippen molar-refractivity contribution in [3.63, 3.8) is 0 Å². The normalized spacial score (nSPS) is 16.7. The summed E-state index contributed by atoms with van der Waals surface area (Å²) < 4.78 is 5.32. The first-order chi connectivity index (χ1) is 11.8. The third-order valence-corrected chi connectivity index (χ3v) is 6.01. The molecule has 1 aliphatic rings. The fourth-order valence-corrected chi connectivity index (χ4v) is 4.51. The van der Waals surface area contributed by atoms with Crippen molar-refractivity contribution in [2.75, 3.05) is 5.75 Å². The first-order valence-electron chi connectivity index (χ1n) is 9.72. The van der Waals surface area contributed by atoms with Crippen LogP contribution < -0.4 is 4.74 Å². The number of fused-ring (bicyclic) bond motifs is 1. The number of unbranched alkanes of at least 4 members (excludes halogenated alkanes) is 9. The van der Waals surface area contributed by atoms with E-state index in [-0.39, 0.29) is 11.2 Å². The molecule has 1 atom stereocenters. The van der Waals surface area contributed by atoms with Gasteiger partial charge in [-0.05, 0) is 18.2 Å². The highest BCUT2D eigenvalue weighted by atomic mass is 32.2. The fourth-order valence-electron chi connectivity index (χ4n) is 3.23. The molecule has 1 aromatic rings. The number of hydrogen-bond acceptors (Lipinski definition) is 3. The number of para-hydroxylation sites is 1. The van der Waals surface area contributed by atoms with Crippen LogP contribution in [0.25, 0.3) is 0 Å². The van der Waals surface area contributed by atoms with Gasteiger partial charge in [-0.15, -0.1) is 0 Å². The first-order valence-corrected chi connectivity index (χ1v) is 10.8. The van der Waals surface area contributed by atoms with E-state index in [0.717, 1.165) is 11.5 Å². The molecule has 0 bridgehead atoms. The van der Waals surface area contributed by atoms with Crippen LogP contribution in [0.15, 0.2) is 24.3 Å². The zero-order valence-corrected chi connectivity index (χ0v) is 15.9. The highest BCUT2D eigenvalue weighted by molar-refractivity contribution is 7.99. The van der Waals surface area contributed by atoms with E-state index in [1.165, 1.54) is 69.8 Å². The fraction of sp³-hybridized carbons (Fsp3) is 0.667. The summed E-state index contributed by atoms with van der Waals surface area (Å²) in [5.41, 5.74) is 1.19. The first kappa shape index (κ1) is 19.4. The molecule has 1 aliphatic heterocycles. The van der Waals surface area contributed by atoms with Crippen LogP contribution in [0.3, 0.4) is 0 Å². The summed E-state index contributed by atoms with van der Waals surface area (Å²) in [5, 5.41) is 0.279. The predicted octanol–water partition coefficient (Wildman–Crippen LogP) is 6.69. The second kappa shape index (κ2) is 11.6. The van der Waals surface area contributed by atoms with Crippen molar-refractivity contribution in [3.8, 4) is 5.75 Å². The van der Waals surface area contributed by atoms with Gasteiger partial charge < -0.3 is 4.74 Å². The Kier molecular flexibility index (Phi) is 9.34. The minimum Gasteiger partial charge on any atom is -0.426 e. The minimum atomic E-state index is -0.0886. The smallest absolute Gasteiger partial charge is 0.312 e. The summed E-state index contributed by atoms with van der Waals surface area (Å²) in [6.07, 6.45) is 14.2. The summed E-state index contributed by atoms with van der Waals surface area (Å²) in [6.45, 7) is 2.27. The van der Waals surface area contributed by atoms with Crippen LogP contribution in [-0.4, -0.2) is 11.7 Å². The molecule has 0 fully saturated rings. The van der Waals surface area contributed by atoms with E-state index in [1.807, 2.05) is 30.0 Å². The van der Waals surface area contributed by atoms with Crippen LogP contribution in [0.4, 0.5) is 0 Å². The number of benzene rings is 1. The molecular weight excluding hydrogens is 316 g/mol. The molecule has 0 aliphatic carbocycles. The summed E-state index contributed by atoms with van der Waals surface area (Å²) >= 11 is 1.92. The van der Waals surface area contributed by atoms with Gasteiger partial charge in [0, 0.05) is 10.8 Å². The molecule has 134 valence electrons. The van der Waals surface area contributed by atoms with Gasteiger partial charge >= 0.3 is 5.97 Å². The van der Waals surface area contributed by atoms with Crippen molar-refractivity contribution in [3.05, 3.63) is 29.8 Å². The van der Waals surface area contributed by atoms with E-state index in [1.54, 1.807) is 0 Å². The van der Waals surface area contributed by atoms with E-state index >= 15 is 0 Å². The summed E-state index contributed by atoms with van der Waals surface area (Å²) in [5.74, 6) is 1.81. The van der Waals surface area contributed by atoms with Gasteiger partial charge in [-0.25, -0.2) is 0 Å². The summed E-state index contributed by atoms with van der Waals surface area (Å²) in [4.78, 5) is 11.7. The third-order valence-electron chi connectivity index (χ3n) is 4.66. The largest absolute Gasteiger partial charge is 0.426 e. The van der Waals surface area contributed by atoms with Crippen LogP contribution in [0, 0.1) is 0 Å². The van der Waals surface area contributed by atoms with E-state index in [0.29, 0.717) is 6.42 Å². The topological polar surface area (TPSA) is 26.3 Å². The SMILES string of the molecule is CCCCCCCCCCCCSC1CC(=O)Oc2ccccc21. The lowest BCUT2D eigenvalue weighted by Gasteiger charge is -2.23. The zero-order chi connectivity index (χ0) is 17.0. The van der Waals surface area contributed by atoms with E-state index in [4.69, 9.17) is 4.74 Å². The lowest BCUT2D eigenvalue weighted by Crippen LogP contribution is -2.18. The molecule has 1 aromatic carbocycles. The standard InChI is InChI=1S/C21H32O2S/c1-2-3-4-5-6-7-8-9-10-13-16-24-20-17-21(22)23-19-15-12-11-14-18(19)20/h11-12,14-15,20H,2-10,13,16-17H2,1H3. The number of rotatable bonds is 12. The molecule has 0 amide bonds. The van der Waals surface area contributed by atoms with E-state index in [9.17, 15) is 4.79 Å². The van der Waals surface area contributed by atoms with Crippen LogP contribution in [0.2, 0.25) is 0 Å². The second-order valence-corrected chi connectivity index (χ2v) is 8.07. The Bertz CT molecular complexity index is 486. The minimum absolute atomic E-state index is 0.0886. The van der Waals surface area contributed by atoms with Crippen LogP contribution in [-0.2, 0) is 4.79 Å². The number of esters is 1. The van der Waals surface area contributed by atoms with Gasteiger partial charge in [0.1, 0.15) is 5.75 Å². The maximum absolute atomic E-state index is 11.7. The van der Waals surface area contributed by atoms with Gasteiger partial charge in [0.25, 0.3) is 0 Å². The molecule has 3 heteroatoms. The Morgan fingerprint density at radius 1 is 0.958 bits per heavy atom. The highest BCUT2D eigenvalue weighted by Gasteiger charge is 2.26. The van der Waals surface area contributed by atoms with E-state index in [2.05, 4.69) is 13.0 Å². The Balaban J connectivity index is 1.53. The van der Waals surface area contributed by atoms with Crippen molar-refractivity contribution < 1.29 is 9.53 Å². The third kappa shape index (κ3) is 6.88. The van der Waals surface area contributed by atoms with Crippen molar-refractivity contribution >= 4 is 17.7 Å². The molecule has 0 saturated heterocycles. The lowest BCUT2D eigenvalue weighted by molar-refractivity contribution is -0.135. The molecule has 0 spiro atoms. The highest BCUT2D eigenvalue weighted by Crippen LogP contribution is 2.41. The van der Waals surface area contributed by atoms with Gasteiger partial charge in [0.2, 0.25) is 0 Å². The zero-order valence-electron chi connectivity index (χ0n) is 15.1. The molecule has 0 N–H and O–H groups in total. The van der Waals surface area contributed by atoms with Gasteiger partial charge in [-0.3, -0.25) is 4.79 Å². The van der Waals surface area contributed by atoms with Crippen molar-refractivity contribution in [2.45, 2.75) is 82.8 Å². The number of ether oxygens (including phenoxy) is 1. The van der Waals surface area contributed by atoms with Gasteiger partial charge in [0.15, 0.2) is 0 Å². The monoisotopic (exact) mass is 348 g/mol. The molecule has 2 rings (SSSR count). The number of hydrogen-bond donors (Lipinski definition) is 0. The Labute approximate surface area is 151 Å². The van der Waals surface area contributed by atoms with E-state index < -0.39 is 0 Å². The van der Waals surface area contributed by atoms with Crippen molar-refractivity contribution in [1.82, 2.24) is 0 Å². The Morgan fingerprint density at radius 2 is 1.58 bits per heavy atom. The molecular formula is C21H32O2S. The average Bonchev–Trinajstić information content (AvgIpc) is 2.59. The van der Waals surface area contributed by atoms with Crippen LogP contribution in [0.1, 0.15) is 88.4 Å². The Morgan fingerprint density at radius 3 is 2.29 bits per heavy atom. The maximum atomic E-state index is 11.7. The van der Waals surface area contributed by atoms with Crippen LogP contribution in [0.5, 0.6) is 5.75 Å². The summed E-state index contributed by atoms with van der Waals surface area (Å²) in [7, 11) is 0. The van der Waals surface area contributed by atoms with Gasteiger partial charge in [-0.2, -0.15) is 11.8 Å². The summed E-state index contributed by atoms with van der Waals surface area (Å²) in [6, 6.07) is 7.96.